The average Bonchev–Trinajstić information content (AvgIpc) is 1.86. The number of aliphatic carboxylic acids is 1. The van der Waals surface area contributed by atoms with Crippen LogP contribution in [0.15, 0.2) is 0 Å². The average molecular weight is 148 g/mol. The fourth-order valence-corrected chi connectivity index (χ4v) is 0.539. The largest absolute Gasteiger partial charge is 0.481 e. The summed E-state index contributed by atoms with van der Waals surface area (Å²) in [6.07, 6.45) is -0.716. The van der Waals surface area contributed by atoms with Crippen LogP contribution in [0.4, 0.5) is 0 Å². The number of hydrogen-bond acceptors (Lipinski definition) is 3. The lowest BCUT2D eigenvalue weighted by Gasteiger charge is -2.11. The first-order valence-electron chi connectivity index (χ1n) is 3.06. The highest BCUT2D eigenvalue weighted by molar-refractivity contribution is 5.67. The fraction of sp³-hybridized carbons (Fsp3) is 0.833. The molecule has 1 atom stereocenters. The Balaban J connectivity index is 3.49. The minimum atomic E-state index is -0.916. The molecule has 60 valence electrons. The smallest absolute Gasteiger partial charge is 0.308 e. The van der Waals surface area contributed by atoms with Crippen LogP contribution in [0.25, 0.3) is 0 Å². The van der Waals surface area contributed by atoms with Gasteiger partial charge in [0.15, 0.2) is 6.29 Å². The molecule has 0 spiro atoms. The van der Waals surface area contributed by atoms with Crippen LogP contribution in [-0.2, 0) is 14.3 Å². The van der Waals surface area contributed by atoms with E-state index in [9.17, 15) is 4.79 Å². The highest BCUT2D eigenvalue weighted by Crippen LogP contribution is 1.98. The van der Waals surface area contributed by atoms with Crippen molar-refractivity contribution in [2.75, 3.05) is 13.7 Å². The summed E-state index contributed by atoms with van der Waals surface area (Å²) in [7, 11) is 1.42. The van der Waals surface area contributed by atoms with Gasteiger partial charge in [0.05, 0.1) is 6.42 Å². The summed E-state index contributed by atoms with van der Waals surface area (Å²) in [5, 5.41) is 8.28. The summed E-state index contributed by atoms with van der Waals surface area (Å²) in [6, 6.07) is 0. The Morgan fingerprint density at radius 2 is 2.30 bits per heavy atom. The van der Waals surface area contributed by atoms with Crippen LogP contribution in [-0.4, -0.2) is 31.1 Å². The maximum absolute atomic E-state index is 10.1. The Labute approximate surface area is 59.7 Å². The molecular weight excluding hydrogens is 136 g/mol. The highest BCUT2D eigenvalue weighted by Gasteiger charge is 2.10. The zero-order chi connectivity index (χ0) is 7.98. The molecule has 0 aliphatic heterocycles. The van der Waals surface area contributed by atoms with Gasteiger partial charge in [0.2, 0.25) is 0 Å². The predicted octanol–water partition coefficient (Wildman–Crippen LogP) is 0.470. The molecule has 1 N–H and O–H groups in total. The van der Waals surface area contributed by atoms with E-state index >= 15 is 0 Å². The molecule has 0 aromatic carbocycles. The highest BCUT2D eigenvalue weighted by atomic mass is 16.7. The van der Waals surface area contributed by atoms with Crippen LogP contribution in [0.3, 0.4) is 0 Å². The number of carboxylic acid groups (broad SMARTS) is 1. The molecule has 1 unspecified atom stereocenters. The molecular formula is C6H12O4. The van der Waals surface area contributed by atoms with Crippen molar-refractivity contribution in [3.63, 3.8) is 0 Å². The van der Waals surface area contributed by atoms with E-state index in [0.29, 0.717) is 6.61 Å². The van der Waals surface area contributed by atoms with Crippen molar-refractivity contribution in [3.8, 4) is 0 Å². The van der Waals surface area contributed by atoms with Crippen LogP contribution >= 0.6 is 0 Å². The van der Waals surface area contributed by atoms with Gasteiger partial charge in [0.1, 0.15) is 0 Å². The molecule has 0 saturated heterocycles. The molecule has 0 rings (SSSR count). The van der Waals surface area contributed by atoms with Gasteiger partial charge in [-0.15, -0.1) is 0 Å². The third kappa shape index (κ3) is 4.29. The van der Waals surface area contributed by atoms with Crippen LogP contribution in [0.2, 0.25) is 0 Å². The lowest BCUT2D eigenvalue weighted by atomic mass is 10.4. The summed E-state index contributed by atoms with van der Waals surface area (Å²) in [5.41, 5.74) is 0. The van der Waals surface area contributed by atoms with Crippen LogP contribution < -0.4 is 0 Å². The minimum Gasteiger partial charge on any atom is -0.481 e. The second kappa shape index (κ2) is 5.20. The number of rotatable bonds is 5. The van der Waals surface area contributed by atoms with E-state index < -0.39 is 12.3 Å². The normalized spacial score (nSPS) is 13.0. The molecule has 0 radical (unpaired) electrons. The molecule has 0 amide bonds. The van der Waals surface area contributed by atoms with E-state index in [0.717, 1.165) is 0 Å². The fourth-order valence-electron chi connectivity index (χ4n) is 0.539. The van der Waals surface area contributed by atoms with Crippen molar-refractivity contribution in [2.24, 2.45) is 0 Å². The Bertz CT molecular complexity index is 102. The maximum atomic E-state index is 10.1. The molecule has 4 nitrogen and oxygen atoms in total. The van der Waals surface area contributed by atoms with Gasteiger partial charge in [-0.05, 0) is 6.92 Å². The molecule has 0 aliphatic carbocycles. The van der Waals surface area contributed by atoms with E-state index in [1.165, 1.54) is 7.11 Å². The Morgan fingerprint density at radius 1 is 1.70 bits per heavy atom. The zero-order valence-electron chi connectivity index (χ0n) is 6.16. The monoisotopic (exact) mass is 148 g/mol. The van der Waals surface area contributed by atoms with Crippen molar-refractivity contribution in [3.05, 3.63) is 0 Å². The second-order valence-electron chi connectivity index (χ2n) is 1.72. The first kappa shape index (κ1) is 9.39. The van der Waals surface area contributed by atoms with Crippen molar-refractivity contribution in [1.29, 1.82) is 0 Å². The van der Waals surface area contributed by atoms with E-state index in [1.807, 2.05) is 0 Å². The molecule has 0 fully saturated rings. The van der Waals surface area contributed by atoms with E-state index in [2.05, 4.69) is 0 Å². The maximum Gasteiger partial charge on any atom is 0.308 e. The summed E-state index contributed by atoms with van der Waals surface area (Å²) in [6.45, 7) is 2.25. The van der Waals surface area contributed by atoms with Gasteiger partial charge in [-0.1, -0.05) is 0 Å². The van der Waals surface area contributed by atoms with Gasteiger partial charge in [-0.2, -0.15) is 0 Å². The lowest BCUT2D eigenvalue weighted by Crippen LogP contribution is -2.19. The summed E-state index contributed by atoms with van der Waals surface area (Å²) in [5.74, 6) is -0.916. The first-order valence-corrected chi connectivity index (χ1v) is 3.06. The van der Waals surface area contributed by atoms with Crippen molar-refractivity contribution < 1.29 is 19.4 Å². The van der Waals surface area contributed by atoms with E-state index in [4.69, 9.17) is 14.6 Å². The standard InChI is InChI=1S/C6H12O4/c1-3-10-6(9-2)4-5(7)8/h6H,3-4H2,1-2H3,(H,7,8). The lowest BCUT2D eigenvalue weighted by molar-refractivity contribution is -0.158. The SMILES string of the molecule is CCOC(CC(=O)O)OC. The molecule has 0 bridgehead atoms. The van der Waals surface area contributed by atoms with Gasteiger partial charge in [-0.25, -0.2) is 0 Å². The molecule has 0 aromatic rings. The van der Waals surface area contributed by atoms with Crippen LogP contribution in [0.5, 0.6) is 0 Å². The third-order valence-electron chi connectivity index (χ3n) is 0.957. The molecule has 10 heavy (non-hydrogen) atoms. The van der Waals surface area contributed by atoms with E-state index in [1.54, 1.807) is 6.92 Å². The Kier molecular flexibility index (Phi) is 4.88. The number of carbonyl (C=O) groups is 1. The number of carboxylic acids is 1. The van der Waals surface area contributed by atoms with Gasteiger partial charge >= 0.3 is 5.97 Å². The number of methoxy groups -OCH3 is 1. The molecule has 4 heteroatoms. The summed E-state index contributed by atoms with van der Waals surface area (Å²) in [4.78, 5) is 10.1. The van der Waals surface area contributed by atoms with Gasteiger partial charge in [-0.3, -0.25) is 4.79 Å². The Hall–Kier alpha value is -0.610. The molecule has 0 aliphatic rings. The van der Waals surface area contributed by atoms with Crippen molar-refractivity contribution in [2.45, 2.75) is 19.6 Å². The van der Waals surface area contributed by atoms with Crippen molar-refractivity contribution in [1.82, 2.24) is 0 Å². The summed E-state index contributed by atoms with van der Waals surface area (Å²) < 4.78 is 9.60. The quantitative estimate of drug-likeness (QED) is 0.576. The molecule has 0 saturated carbocycles. The number of hydrogen-bond donors (Lipinski definition) is 1. The predicted molar refractivity (Wildman–Crippen MR) is 34.7 cm³/mol. The molecule has 0 heterocycles. The minimum absolute atomic E-state index is 0.107. The van der Waals surface area contributed by atoms with E-state index in [-0.39, 0.29) is 6.42 Å². The van der Waals surface area contributed by atoms with Crippen LogP contribution in [0.1, 0.15) is 13.3 Å². The van der Waals surface area contributed by atoms with Gasteiger partial charge in [0, 0.05) is 13.7 Å². The van der Waals surface area contributed by atoms with Gasteiger partial charge < -0.3 is 14.6 Å². The third-order valence-corrected chi connectivity index (χ3v) is 0.957. The number of ether oxygens (including phenoxy) is 2. The van der Waals surface area contributed by atoms with Gasteiger partial charge in [0.25, 0.3) is 0 Å². The topological polar surface area (TPSA) is 55.8 Å². The molecule has 0 aromatic heterocycles. The summed E-state index contributed by atoms with van der Waals surface area (Å²) >= 11 is 0. The zero-order valence-corrected chi connectivity index (χ0v) is 6.16. The Morgan fingerprint density at radius 3 is 2.60 bits per heavy atom. The van der Waals surface area contributed by atoms with Crippen LogP contribution in [0, 0.1) is 0 Å². The second-order valence-corrected chi connectivity index (χ2v) is 1.72. The first-order chi connectivity index (χ1) is 4.70. The van der Waals surface area contributed by atoms with Crippen molar-refractivity contribution >= 4 is 5.97 Å².